The molecule has 2 rings (SSSR count). The summed E-state index contributed by atoms with van der Waals surface area (Å²) in [7, 11) is 1.31. The van der Waals surface area contributed by atoms with Crippen molar-refractivity contribution in [2.75, 3.05) is 7.11 Å². The van der Waals surface area contributed by atoms with Crippen LogP contribution in [0.4, 0.5) is 5.69 Å². The van der Waals surface area contributed by atoms with Crippen molar-refractivity contribution >= 4 is 23.3 Å². The number of rotatable bonds is 4. The summed E-state index contributed by atoms with van der Waals surface area (Å²) in [5, 5.41) is 10.6. The van der Waals surface area contributed by atoms with Crippen molar-refractivity contribution in [3.05, 3.63) is 75.8 Å². The Balaban J connectivity index is 2.41. The molecular weight excluding hydrogens is 270 g/mol. The molecule has 5 nitrogen and oxygen atoms in total. The highest BCUT2D eigenvalue weighted by Gasteiger charge is 2.12. The number of methoxy groups -OCH3 is 1. The molecule has 0 amide bonds. The summed E-state index contributed by atoms with van der Waals surface area (Å²) >= 11 is 0. The molecule has 0 spiro atoms. The van der Waals surface area contributed by atoms with Crippen molar-refractivity contribution in [1.82, 2.24) is 0 Å². The number of benzene rings is 2. The molecule has 0 heterocycles. The van der Waals surface area contributed by atoms with E-state index in [-0.39, 0.29) is 5.69 Å². The highest BCUT2D eigenvalue weighted by molar-refractivity contribution is 6.21. The van der Waals surface area contributed by atoms with Crippen LogP contribution < -0.4 is 0 Å². The number of esters is 1. The highest BCUT2D eigenvalue weighted by atomic mass is 16.6. The first-order valence-electron chi connectivity index (χ1n) is 6.21. The van der Waals surface area contributed by atoms with E-state index in [0.717, 1.165) is 5.56 Å². The van der Waals surface area contributed by atoms with Gasteiger partial charge in [-0.2, -0.15) is 0 Å². The third-order valence-electron chi connectivity index (χ3n) is 2.91. The van der Waals surface area contributed by atoms with Crippen LogP contribution in [-0.4, -0.2) is 18.0 Å². The second kappa shape index (κ2) is 6.47. The Kier molecular flexibility index (Phi) is 4.46. The SMILES string of the molecule is COC(=O)/C(=C\c1ccc([N+](=O)[O-])cc1)c1ccccc1. The Hall–Kier alpha value is -2.95. The molecule has 0 saturated carbocycles. The minimum Gasteiger partial charge on any atom is -0.465 e. The maximum Gasteiger partial charge on any atom is 0.338 e. The normalized spacial score (nSPS) is 11.0. The Morgan fingerprint density at radius 2 is 1.71 bits per heavy atom. The van der Waals surface area contributed by atoms with E-state index >= 15 is 0 Å². The summed E-state index contributed by atoms with van der Waals surface area (Å²) in [6.07, 6.45) is 1.64. The van der Waals surface area contributed by atoms with Crippen LogP contribution in [-0.2, 0) is 9.53 Å². The van der Waals surface area contributed by atoms with Gasteiger partial charge < -0.3 is 4.74 Å². The fourth-order valence-electron chi connectivity index (χ4n) is 1.85. The van der Waals surface area contributed by atoms with Crippen LogP contribution in [0.25, 0.3) is 11.6 Å². The fourth-order valence-corrected chi connectivity index (χ4v) is 1.85. The van der Waals surface area contributed by atoms with Crippen LogP contribution >= 0.6 is 0 Å². The molecule has 0 bridgehead atoms. The molecule has 0 saturated heterocycles. The predicted octanol–water partition coefficient (Wildman–Crippen LogP) is 3.31. The van der Waals surface area contributed by atoms with Crippen molar-refractivity contribution in [3.63, 3.8) is 0 Å². The van der Waals surface area contributed by atoms with Crippen molar-refractivity contribution in [3.8, 4) is 0 Å². The Labute approximate surface area is 121 Å². The number of carbonyl (C=O) groups excluding carboxylic acids is 1. The first-order valence-corrected chi connectivity index (χ1v) is 6.21. The van der Waals surface area contributed by atoms with Crippen LogP contribution in [0.3, 0.4) is 0 Å². The summed E-state index contributed by atoms with van der Waals surface area (Å²) in [5.41, 5.74) is 1.81. The van der Waals surface area contributed by atoms with E-state index in [0.29, 0.717) is 11.1 Å². The molecule has 0 N–H and O–H groups in total. The Morgan fingerprint density at radius 3 is 2.24 bits per heavy atom. The number of ether oxygens (including phenoxy) is 1. The van der Waals surface area contributed by atoms with Gasteiger partial charge >= 0.3 is 5.97 Å². The van der Waals surface area contributed by atoms with Gasteiger partial charge in [-0.1, -0.05) is 30.3 Å². The van der Waals surface area contributed by atoms with Crippen LogP contribution in [0.1, 0.15) is 11.1 Å². The molecule has 0 aliphatic carbocycles. The highest BCUT2D eigenvalue weighted by Crippen LogP contribution is 2.21. The molecule has 0 atom stereocenters. The van der Waals surface area contributed by atoms with Crippen LogP contribution in [0.15, 0.2) is 54.6 Å². The van der Waals surface area contributed by atoms with E-state index in [2.05, 4.69) is 0 Å². The predicted molar refractivity (Wildman–Crippen MR) is 79.4 cm³/mol. The molecule has 21 heavy (non-hydrogen) atoms. The molecule has 106 valence electrons. The fraction of sp³-hybridized carbons (Fsp3) is 0.0625. The van der Waals surface area contributed by atoms with E-state index in [1.807, 2.05) is 18.2 Å². The lowest BCUT2D eigenvalue weighted by Gasteiger charge is -2.06. The number of nitro groups is 1. The van der Waals surface area contributed by atoms with Gasteiger partial charge in [0.2, 0.25) is 0 Å². The zero-order valence-electron chi connectivity index (χ0n) is 11.4. The topological polar surface area (TPSA) is 69.4 Å². The summed E-state index contributed by atoms with van der Waals surface area (Å²) in [4.78, 5) is 22.1. The Bertz CT molecular complexity index is 675. The lowest BCUT2D eigenvalue weighted by Crippen LogP contribution is -2.03. The molecule has 0 fully saturated rings. The standard InChI is InChI=1S/C16H13NO4/c1-21-16(18)15(13-5-3-2-4-6-13)11-12-7-9-14(10-8-12)17(19)20/h2-11H,1H3/b15-11-. The lowest BCUT2D eigenvalue weighted by molar-refractivity contribution is -0.384. The second-order valence-electron chi connectivity index (χ2n) is 4.26. The summed E-state index contributed by atoms with van der Waals surface area (Å²) in [5.74, 6) is -0.459. The molecule has 0 unspecified atom stereocenters. The number of non-ortho nitro benzene ring substituents is 1. The van der Waals surface area contributed by atoms with Gasteiger partial charge in [-0.3, -0.25) is 10.1 Å². The van der Waals surface area contributed by atoms with Crippen molar-refractivity contribution < 1.29 is 14.5 Å². The lowest BCUT2D eigenvalue weighted by atomic mass is 10.0. The summed E-state index contributed by atoms with van der Waals surface area (Å²) < 4.78 is 4.79. The van der Waals surface area contributed by atoms with Gasteiger partial charge in [0.1, 0.15) is 0 Å². The van der Waals surface area contributed by atoms with E-state index in [1.54, 1.807) is 30.3 Å². The molecule has 2 aromatic carbocycles. The number of carbonyl (C=O) groups is 1. The second-order valence-corrected chi connectivity index (χ2v) is 4.26. The molecule has 2 aromatic rings. The molecular formula is C16H13NO4. The van der Waals surface area contributed by atoms with Gasteiger partial charge in [-0.15, -0.1) is 0 Å². The smallest absolute Gasteiger partial charge is 0.338 e. The van der Waals surface area contributed by atoms with Crippen LogP contribution in [0.2, 0.25) is 0 Å². The number of nitrogens with zero attached hydrogens (tertiary/aromatic N) is 1. The van der Waals surface area contributed by atoms with Crippen LogP contribution in [0, 0.1) is 10.1 Å². The monoisotopic (exact) mass is 283 g/mol. The minimum atomic E-state index is -0.466. The maximum atomic E-state index is 11.9. The largest absolute Gasteiger partial charge is 0.465 e. The van der Waals surface area contributed by atoms with E-state index in [1.165, 1.54) is 19.2 Å². The van der Waals surface area contributed by atoms with Gasteiger partial charge in [0.25, 0.3) is 5.69 Å². The van der Waals surface area contributed by atoms with E-state index in [9.17, 15) is 14.9 Å². The Morgan fingerprint density at radius 1 is 1.10 bits per heavy atom. The zero-order chi connectivity index (χ0) is 15.2. The molecule has 0 aliphatic heterocycles. The first kappa shape index (κ1) is 14.5. The molecule has 0 aromatic heterocycles. The maximum absolute atomic E-state index is 11.9. The van der Waals surface area contributed by atoms with Gasteiger partial charge in [0.15, 0.2) is 0 Å². The van der Waals surface area contributed by atoms with Crippen LogP contribution in [0.5, 0.6) is 0 Å². The van der Waals surface area contributed by atoms with E-state index in [4.69, 9.17) is 4.74 Å². The zero-order valence-corrected chi connectivity index (χ0v) is 11.4. The third kappa shape index (κ3) is 3.54. The number of hydrogen-bond donors (Lipinski definition) is 0. The van der Waals surface area contributed by atoms with Gasteiger partial charge in [-0.05, 0) is 29.3 Å². The quantitative estimate of drug-likeness (QED) is 0.284. The molecule has 0 aliphatic rings. The minimum absolute atomic E-state index is 0.00600. The van der Waals surface area contributed by atoms with Gasteiger partial charge in [-0.25, -0.2) is 4.79 Å². The first-order chi connectivity index (χ1) is 10.1. The van der Waals surface area contributed by atoms with Crippen molar-refractivity contribution in [2.24, 2.45) is 0 Å². The molecule has 5 heteroatoms. The number of hydrogen-bond acceptors (Lipinski definition) is 4. The van der Waals surface area contributed by atoms with Gasteiger partial charge in [0.05, 0.1) is 17.6 Å². The van der Waals surface area contributed by atoms with Gasteiger partial charge in [0, 0.05) is 12.1 Å². The average Bonchev–Trinajstić information content (AvgIpc) is 2.53. The van der Waals surface area contributed by atoms with Crippen molar-refractivity contribution in [2.45, 2.75) is 0 Å². The summed E-state index contributed by atoms with van der Waals surface area (Å²) in [6.45, 7) is 0. The third-order valence-corrected chi connectivity index (χ3v) is 2.91. The van der Waals surface area contributed by atoms with Crippen molar-refractivity contribution in [1.29, 1.82) is 0 Å². The molecule has 0 radical (unpaired) electrons. The number of nitro benzene ring substituents is 1. The summed E-state index contributed by atoms with van der Waals surface area (Å²) in [6, 6.07) is 15.1. The van der Waals surface area contributed by atoms with E-state index < -0.39 is 10.9 Å². The average molecular weight is 283 g/mol.